The zero-order valence-electron chi connectivity index (χ0n) is 16.1. The lowest BCUT2D eigenvalue weighted by Gasteiger charge is -2.18. The maximum Gasteiger partial charge on any atom is 0.332 e. The Hall–Kier alpha value is -2.41. The van der Waals surface area contributed by atoms with Crippen LogP contribution in [0.2, 0.25) is 0 Å². The summed E-state index contributed by atoms with van der Waals surface area (Å²) in [6.45, 7) is 7.72. The maximum atomic E-state index is 12.5. The molecule has 0 amide bonds. The number of nitrogens with zero attached hydrogens (tertiary/aromatic N) is 4. The zero-order chi connectivity index (χ0) is 19.1. The summed E-state index contributed by atoms with van der Waals surface area (Å²) < 4.78 is 8.29. The van der Waals surface area contributed by atoms with Gasteiger partial charge in [-0.25, -0.2) is 4.68 Å². The van der Waals surface area contributed by atoms with Crippen LogP contribution in [-0.4, -0.2) is 39.4 Å². The highest BCUT2D eigenvalue weighted by Crippen LogP contribution is 2.37. The maximum absolute atomic E-state index is 12.5. The molecule has 0 radical (unpaired) electrons. The van der Waals surface area contributed by atoms with Crippen LogP contribution in [0.3, 0.4) is 0 Å². The van der Waals surface area contributed by atoms with Gasteiger partial charge in [0.2, 0.25) is 0 Å². The van der Waals surface area contributed by atoms with Crippen LogP contribution in [0.25, 0.3) is 0 Å². The number of hydrogen-bond acceptors (Lipinski definition) is 5. The quantitative estimate of drug-likeness (QED) is 0.742. The lowest BCUT2D eigenvalue weighted by Crippen LogP contribution is -2.44. The predicted octanol–water partition coefficient (Wildman–Crippen LogP) is 1.30. The highest BCUT2D eigenvalue weighted by molar-refractivity contribution is 5.28. The Bertz CT molecular complexity index is 962. The highest BCUT2D eigenvalue weighted by atomic mass is 16.5. The van der Waals surface area contributed by atoms with Crippen LogP contribution in [0, 0.1) is 11.8 Å². The number of fused-ring (bicyclic) bond motifs is 3. The van der Waals surface area contributed by atoms with E-state index in [2.05, 4.69) is 22.1 Å². The molecular formula is C20H26N4O3. The van der Waals surface area contributed by atoms with Gasteiger partial charge >= 0.3 is 11.1 Å². The van der Waals surface area contributed by atoms with Crippen LogP contribution in [0.1, 0.15) is 31.2 Å². The van der Waals surface area contributed by atoms with Gasteiger partial charge in [-0.3, -0.25) is 19.1 Å². The number of likely N-dealkylation sites (tertiary alicyclic amines) is 1. The number of ether oxygens (including phenoxy) is 1. The fourth-order valence-electron chi connectivity index (χ4n) is 4.30. The molecular weight excluding hydrogens is 344 g/mol. The SMILES string of the molecule is COc1cccc(CN2C[C@@H]3Cn4c(nn(CC(C)C)c(=O)c4=O)[C@H]3C2)c1. The van der Waals surface area contributed by atoms with Crippen LogP contribution in [0.4, 0.5) is 0 Å². The summed E-state index contributed by atoms with van der Waals surface area (Å²) in [6.07, 6.45) is 0. The highest BCUT2D eigenvalue weighted by Gasteiger charge is 2.42. The van der Waals surface area contributed by atoms with Crippen LogP contribution < -0.4 is 15.9 Å². The minimum atomic E-state index is -0.499. The molecule has 2 aliphatic rings. The van der Waals surface area contributed by atoms with E-state index >= 15 is 0 Å². The second kappa shape index (κ2) is 6.96. The Labute approximate surface area is 158 Å². The molecule has 0 unspecified atom stereocenters. The van der Waals surface area contributed by atoms with Crippen molar-refractivity contribution in [3.8, 4) is 5.75 Å². The van der Waals surface area contributed by atoms with Crippen molar-refractivity contribution in [1.29, 1.82) is 0 Å². The van der Waals surface area contributed by atoms with Crippen molar-refractivity contribution in [1.82, 2.24) is 19.2 Å². The van der Waals surface area contributed by atoms with E-state index in [1.807, 2.05) is 26.0 Å². The smallest absolute Gasteiger partial charge is 0.332 e. The Kier molecular flexibility index (Phi) is 4.63. The van der Waals surface area contributed by atoms with Crippen molar-refractivity contribution >= 4 is 0 Å². The first kappa shape index (κ1) is 18.0. The molecule has 0 bridgehead atoms. The average Bonchev–Trinajstić information content (AvgIpc) is 3.17. The molecule has 0 spiro atoms. The van der Waals surface area contributed by atoms with Crippen molar-refractivity contribution in [3.63, 3.8) is 0 Å². The van der Waals surface area contributed by atoms with Gasteiger partial charge in [0.15, 0.2) is 0 Å². The largest absolute Gasteiger partial charge is 0.497 e. The van der Waals surface area contributed by atoms with E-state index in [1.165, 1.54) is 10.2 Å². The van der Waals surface area contributed by atoms with Crippen molar-refractivity contribution < 1.29 is 4.74 Å². The molecule has 1 aromatic carbocycles. The van der Waals surface area contributed by atoms with E-state index in [0.717, 1.165) is 31.2 Å². The molecule has 27 heavy (non-hydrogen) atoms. The van der Waals surface area contributed by atoms with E-state index in [0.29, 0.717) is 19.0 Å². The van der Waals surface area contributed by atoms with Crippen molar-refractivity contribution in [2.24, 2.45) is 11.8 Å². The van der Waals surface area contributed by atoms with E-state index in [1.54, 1.807) is 11.7 Å². The number of aromatic nitrogens is 3. The standard InChI is InChI=1S/C20H26N4O3/c1-13(2)8-24-20(26)19(25)23-11-15-10-22(12-17(15)18(23)21-24)9-14-5-4-6-16(7-14)27-3/h4-7,13,15,17H,8-12H2,1-3H3/t15-,17+/m1/s1. The third-order valence-corrected chi connectivity index (χ3v) is 5.51. The van der Waals surface area contributed by atoms with Gasteiger partial charge < -0.3 is 4.74 Å². The van der Waals surface area contributed by atoms with Gasteiger partial charge in [0.05, 0.1) is 7.11 Å². The Morgan fingerprint density at radius 3 is 2.74 bits per heavy atom. The lowest BCUT2D eigenvalue weighted by atomic mass is 10.00. The summed E-state index contributed by atoms with van der Waals surface area (Å²) in [5.41, 5.74) is 0.291. The van der Waals surface area contributed by atoms with Crippen LogP contribution in [0.15, 0.2) is 33.9 Å². The average molecular weight is 370 g/mol. The first-order valence-corrected chi connectivity index (χ1v) is 9.53. The lowest BCUT2D eigenvalue weighted by molar-refractivity contribution is 0.302. The summed E-state index contributed by atoms with van der Waals surface area (Å²) in [7, 11) is 1.68. The molecule has 2 atom stereocenters. The van der Waals surface area contributed by atoms with Crippen molar-refractivity contribution in [2.45, 2.75) is 39.4 Å². The van der Waals surface area contributed by atoms with Crippen LogP contribution in [-0.2, 0) is 19.6 Å². The molecule has 0 saturated carbocycles. The summed E-state index contributed by atoms with van der Waals surface area (Å²) in [6, 6.07) is 8.12. The van der Waals surface area contributed by atoms with Crippen LogP contribution in [0.5, 0.6) is 5.75 Å². The van der Waals surface area contributed by atoms with Crippen molar-refractivity contribution in [2.75, 3.05) is 20.2 Å². The molecule has 2 aromatic rings. The molecule has 1 aromatic heterocycles. The molecule has 2 aliphatic heterocycles. The molecule has 7 nitrogen and oxygen atoms in total. The topological polar surface area (TPSA) is 69.4 Å². The van der Waals surface area contributed by atoms with Gasteiger partial charge in [-0.1, -0.05) is 26.0 Å². The number of methoxy groups -OCH3 is 1. The molecule has 0 N–H and O–H groups in total. The fourth-order valence-corrected chi connectivity index (χ4v) is 4.30. The molecule has 7 heteroatoms. The number of benzene rings is 1. The van der Waals surface area contributed by atoms with E-state index < -0.39 is 11.1 Å². The fraction of sp³-hybridized carbons (Fsp3) is 0.550. The van der Waals surface area contributed by atoms with Gasteiger partial charge in [-0.2, -0.15) is 5.10 Å². The van der Waals surface area contributed by atoms with Gasteiger partial charge in [-0.15, -0.1) is 0 Å². The zero-order valence-corrected chi connectivity index (χ0v) is 16.1. The predicted molar refractivity (Wildman–Crippen MR) is 102 cm³/mol. The monoisotopic (exact) mass is 370 g/mol. The molecule has 1 saturated heterocycles. The second-order valence-corrected chi connectivity index (χ2v) is 8.07. The summed E-state index contributed by atoms with van der Waals surface area (Å²) in [4.78, 5) is 27.2. The molecule has 1 fully saturated rings. The van der Waals surface area contributed by atoms with Crippen LogP contribution >= 0.6 is 0 Å². The second-order valence-electron chi connectivity index (χ2n) is 8.07. The molecule has 0 aliphatic carbocycles. The van der Waals surface area contributed by atoms with Gasteiger partial charge in [-0.05, 0) is 23.6 Å². The Balaban J connectivity index is 1.56. The molecule has 3 heterocycles. The molecule has 4 rings (SSSR count). The van der Waals surface area contributed by atoms with E-state index in [-0.39, 0.29) is 11.8 Å². The molecule has 144 valence electrons. The Morgan fingerprint density at radius 1 is 1.19 bits per heavy atom. The first-order chi connectivity index (χ1) is 13.0. The van der Waals surface area contributed by atoms with Gasteiger partial charge in [0.1, 0.15) is 11.6 Å². The summed E-state index contributed by atoms with van der Waals surface area (Å²) in [5, 5.41) is 4.59. The van der Waals surface area contributed by atoms with Crippen molar-refractivity contribution in [3.05, 3.63) is 56.4 Å². The summed E-state index contributed by atoms with van der Waals surface area (Å²) in [5.74, 6) is 2.46. The summed E-state index contributed by atoms with van der Waals surface area (Å²) >= 11 is 0. The van der Waals surface area contributed by atoms with Gasteiger partial charge in [0.25, 0.3) is 0 Å². The number of rotatable bonds is 5. The third kappa shape index (κ3) is 3.32. The minimum absolute atomic E-state index is 0.210. The van der Waals surface area contributed by atoms with E-state index in [4.69, 9.17) is 4.74 Å². The first-order valence-electron chi connectivity index (χ1n) is 9.53. The minimum Gasteiger partial charge on any atom is -0.497 e. The van der Waals surface area contributed by atoms with E-state index in [9.17, 15) is 9.59 Å². The van der Waals surface area contributed by atoms with Gasteiger partial charge in [0, 0.05) is 44.6 Å². The normalized spacial score (nSPS) is 21.5. The Morgan fingerprint density at radius 2 is 2.00 bits per heavy atom. The third-order valence-electron chi connectivity index (χ3n) is 5.51. The number of hydrogen-bond donors (Lipinski definition) is 0.